The van der Waals surface area contributed by atoms with Crippen molar-refractivity contribution in [3.63, 3.8) is 0 Å². The minimum atomic E-state index is -3.24. The maximum Gasteiger partial charge on any atom is 0.254 e. The van der Waals surface area contributed by atoms with Gasteiger partial charge < -0.3 is 4.90 Å². The molecular formula is C16H24N2O3S. The highest BCUT2D eigenvalue weighted by Gasteiger charge is 2.28. The Bertz CT molecular complexity index is 655. The van der Waals surface area contributed by atoms with Crippen molar-refractivity contribution in [3.8, 4) is 0 Å². The summed E-state index contributed by atoms with van der Waals surface area (Å²) in [4.78, 5) is 14.6. The van der Waals surface area contributed by atoms with E-state index in [0.29, 0.717) is 12.1 Å². The Balaban J connectivity index is 2.17. The van der Waals surface area contributed by atoms with Gasteiger partial charge in [-0.05, 0) is 44.7 Å². The molecule has 1 fully saturated rings. The van der Waals surface area contributed by atoms with Crippen LogP contribution < -0.4 is 4.72 Å². The Hall–Kier alpha value is -1.40. The van der Waals surface area contributed by atoms with Gasteiger partial charge in [0.1, 0.15) is 0 Å². The quantitative estimate of drug-likeness (QED) is 0.919. The van der Waals surface area contributed by atoms with E-state index in [9.17, 15) is 13.2 Å². The molecular weight excluding hydrogens is 300 g/mol. The largest absolute Gasteiger partial charge is 0.334 e. The fourth-order valence-corrected chi connectivity index (χ4v) is 3.43. The SMILES string of the molecule is Cc1ccc(C(=O)N2CCCC[C@@H]2CNS(C)(=O)=O)c(C)c1. The lowest BCUT2D eigenvalue weighted by molar-refractivity contribution is 0.0618. The lowest BCUT2D eigenvalue weighted by Crippen LogP contribution is -2.49. The molecule has 0 aromatic heterocycles. The van der Waals surface area contributed by atoms with Gasteiger partial charge >= 0.3 is 0 Å². The Kier molecular flexibility index (Phi) is 5.24. The highest BCUT2D eigenvalue weighted by Crippen LogP contribution is 2.21. The van der Waals surface area contributed by atoms with E-state index in [1.54, 1.807) is 0 Å². The van der Waals surface area contributed by atoms with E-state index in [1.807, 2.05) is 36.9 Å². The number of hydrogen-bond donors (Lipinski definition) is 1. The first-order chi connectivity index (χ1) is 10.3. The molecule has 1 aliphatic rings. The zero-order chi connectivity index (χ0) is 16.3. The number of rotatable bonds is 4. The van der Waals surface area contributed by atoms with Crippen molar-refractivity contribution in [1.29, 1.82) is 0 Å². The molecule has 0 spiro atoms. The molecule has 1 atom stereocenters. The van der Waals surface area contributed by atoms with Crippen molar-refractivity contribution in [2.45, 2.75) is 39.2 Å². The van der Waals surface area contributed by atoms with Crippen molar-refractivity contribution >= 4 is 15.9 Å². The summed E-state index contributed by atoms with van der Waals surface area (Å²) in [5.41, 5.74) is 2.80. The van der Waals surface area contributed by atoms with Crippen LogP contribution in [0.5, 0.6) is 0 Å². The fourth-order valence-electron chi connectivity index (χ4n) is 2.94. The number of likely N-dealkylation sites (tertiary alicyclic amines) is 1. The van der Waals surface area contributed by atoms with Crippen molar-refractivity contribution in [3.05, 3.63) is 34.9 Å². The number of aryl methyl sites for hydroxylation is 2. The van der Waals surface area contributed by atoms with Crippen LogP contribution in [-0.4, -0.2) is 44.6 Å². The highest BCUT2D eigenvalue weighted by molar-refractivity contribution is 7.88. The second-order valence-electron chi connectivity index (χ2n) is 6.09. The summed E-state index contributed by atoms with van der Waals surface area (Å²) in [5, 5.41) is 0. The summed E-state index contributed by atoms with van der Waals surface area (Å²) in [6.45, 7) is 4.91. The van der Waals surface area contributed by atoms with E-state index in [2.05, 4.69) is 4.72 Å². The number of benzene rings is 1. The van der Waals surface area contributed by atoms with Crippen LogP contribution in [0.1, 0.15) is 40.7 Å². The van der Waals surface area contributed by atoms with Crippen LogP contribution in [0.4, 0.5) is 0 Å². The third-order valence-corrected chi connectivity index (χ3v) is 4.77. The number of carbonyl (C=O) groups excluding carboxylic acids is 1. The molecule has 122 valence electrons. The van der Waals surface area contributed by atoms with E-state index in [4.69, 9.17) is 0 Å². The average Bonchev–Trinajstić information content (AvgIpc) is 2.44. The van der Waals surface area contributed by atoms with Gasteiger partial charge in [0.05, 0.1) is 6.26 Å². The molecule has 0 saturated carbocycles. The number of piperidine rings is 1. The summed E-state index contributed by atoms with van der Waals surface area (Å²) in [7, 11) is -3.24. The third kappa shape index (κ3) is 4.30. The van der Waals surface area contributed by atoms with Gasteiger partial charge in [0, 0.05) is 24.7 Å². The van der Waals surface area contributed by atoms with E-state index in [0.717, 1.165) is 36.6 Å². The summed E-state index contributed by atoms with van der Waals surface area (Å²) in [6, 6.07) is 5.73. The summed E-state index contributed by atoms with van der Waals surface area (Å²) in [5.74, 6) is -0.00231. The Labute approximate surface area is 132 Å². The van der Waals surface area contributed by atoms with Gasteiger partial charge in [0.15, 0.2) is 0 Å². The standard InChI is InChI=1S/C16H24N2O3S/c1-12-7-8-15(13(2)10-12)16(19)18-9-5-4-6-14(18)11-17-22(3,20)21/h7-8,10,14,17H,4-6,9,11H2,1-3H3/t14-/m1/s1. The minimum absolute atomic E-state index is 0.00231. The number of nitrogens with zero attached hydrogens (tertiary/aromatic N) is 1. The van der Waals surface area contributed by atoms with E-state index in [-0.39, 0.29) is 18.5 Å². The third-order valence-electron chi connectivity index (χ3n) is 4.08. The van der Waals surface area contributed by atoms with Crippen LogP contribution in [0.15, 0.2) is 18.2 Å². The molecule has 1 N–H and O–H groups in total. The zero-order valence-electron chi connectivity index (χ0n) is 13.4. The molecule has 5 nitrogen and oxygen atoms in total. The molecule has 1 saturated heterocycles. The molecule has 2 rings (SSSR count). The fraction of sp³-hybridized carbons (Fsp3) is 0.562. The van der Waals surface area contributed by atoms with Crippen LogP contribution in [-0.2, 0) is 10.0 Å². The molecule has 1 aliphatic heterocycles. The first-order valence-corrected chi connectivity index (χ1v) is 9.50. The number of hydrogen-bond acceptors (Lipinski definition) is 3. The van der Waals surface area contributed by atoms with Gasteiger partial charge in [-0.15, -0.1) is 0 Å². The first kappa shape index (κ1) is 17.0. The van der Waals surface area contributed by atoms with Crippen molar-refractivity contribution in [2.24, 2.45) is 0 Å². The van der Waals surface area contributed by atoms with Crippen LogP contribution in [0.2, 0.25) is 0 Å². The smallest absolute Gasteiger partial charge is 0.254 e. The van der Waals surface area contributed by atoms with Gasteiger partial charge in [-0.1, -0.05) is 17.7 Å². The molecule has 1 aromatic carbocycles. The maximum atomic E-state index is 12.8. The molecule has 0 unspecified atom stereocenters. The summed E-state index contributed by atoms with van der Waals surface area (Å²) in [6.07, 6.45) is 3.96. The molecule has 0 aliphatic carbocycles. The lowest BCUT2D eigenvalue weighted by Gasteiger charge is -2.36. The minimum Gasteiger partial charge on any atom is -0.334 e. The van der Waals surface area contributed by atoms with Gasteiger partial charge in [0.25, 0.3) is 5.91 Å². The van der Waals surface area contributed by atoms with Crippen molar-refractivity contribution in [2.75, 3.05) is 19.3 Å². The van der Waals surface area contributed by atoms with E-state index in [1.165, 1.54) is 0 Å². The Morgan fingerprint density at radius 2 is 2.05 bits per heavy atom. The molecule has 1 amide bonds. The zero-order valence-corrected chi connectivity index (χ0v) is 14.2. The van der Waals surface area contributed by atoms with Crippen molar-refractivity contribution in [1.82, 2.24) is 9.62 Å². The number of nitrogens with one attached hydrogen (secondary N) is 1. The number of carbonyl (C=O) groups is 1. The van der Waals surface area contributed by atoms with Gasteiger partial charge in [-0.25, -0.2) is 13.1 Å². The average molecular weight is 324 g/mol. The van der Waals surface area contributed by atoms with Gasteiger partial charge in [0.2, 0.25) is 10.0 Å². The highest BCUT2D eigenvalue weighted by atomic mass is 32.2. The second-order valence-corrected chi connectivity index (χ2v) is 7.92. The Morgan fingerprint density at radius 3 is 2.68 bits per heavy atom. The predicted molar refractivity (Wildman–Crippen MR) is 87.4 cm³/mol. The first-order valence-electron chi connectivity index (χ1n) is 7.61. The predicted octanol–water partition coefficient (Wildman–Crippen LogP) is 1.85. The summed E-state index contributed by atoms with van der Waals surface area (Å²) < 4.78 is 25.1. The topological polar surface area (TPSA) is 66.5 Å². The molecule has 6 heteroatoms. The van der Waals surface area contributed by atoms with Crippen LogP contribution >= 0.6 is 0 Å². The normalized spacial score (nSPS) is 19.2. The van der Waals surface area contributed by atoms with Crippen LogP contribution in [0.25, 0.3) is 0 Å². The Morgan fingerprint density at radius 1 is 1.32 bits per heavy atom. The number of sulfonamides is 1. The second kappa shape index (κ2) is 6.79. The molecule has 0 radical (unpaired) electrons. The van der Waals surface area contributed by atoms with Crippen LogP contribution in [0, 0.1) is 13.8 Å². The number of amides is 1. The van der Waals surface area contributed by atoms with E-state index < -0.39 is 10.0 Å². The molecule has 1 heterocycles. The molecule has 0 bridgehead atoms. The van der Waals surface area contributed by atoms with Crippen LogP contribution in [0.3, 0.4) is 0 Å². The molecule has 22 heavy (non-hydrogen) atoms. The van der Waals surface area contributed by atoms with E-state index >= 15 is 0 Å². The van der Waals surface area contributed by atoms with Gasteiger partial charge in [-0.2, -0.15) is 0 Å². The summed E-state index contributed by atoms with van der Waals surface area (Å²) >= 11 is 0. The monoisotopic (exact) mass is 324 g/mol. The molecule has 1 aromatic rings. The van der Waals surface area contributed by atoms with Crippen molar-refractivity contribution < 1.29 is 13.2 Å². The van der Waals surface area contributed by atoms with Gasteiger partial charge in [-0.3, -0.25) is 4.79 Å². The maximum absolute atomic E-state index is 12.8. The lowest BCUT2D eigenvalue weighted by atomic mass is 9.99.